The number of hydrogen-bond acceptors (Lipinski definition) is 3. The third-order valence-electron chi connectivity index (χ3n) is 4.12. The minimum atomic E-state index is -2.93. The van der Waals surface area contributed by atoms with Crippen LogP contribution in [0, 0.1) is 5.41 Å². The summed E-state index contributed by atoms with van der Waals surface area (Å²) in [5.41, 5.74) is -3.03. The number of ether oxygens (including phenoxy) is 1. The molecule has 1 saturated heterocycles. The molecule has 0 bridgehead atoms. The highest BCUT2D eigenvalue weighted by Gasteiger charge is 2.78. The maximum atomic E-state index is 13.5. The van der Waals surface area contributed by atoms with Crippen molar-refractivity contribution in [3.8, 4) is 0 Å². The van der Waals surface area contributed by atoms with Gasteiger partial charge in [-0.25, -0.2) is 18.4 Å². The molecule has 2 atom stereocenters. The highest BCUT2D eigenvalue weighted by molar-refractivity contribution is 6.18. The number of carbonyl (C=O) groups is 2. The molecule has 2 aliphatic rings. The van der Waals surface area contributed by atoms with E-state index in [2.05, 4.69) is 4.74 Å². The first-order valence-electron chi connectivity index (χ1n) is 5.77. The zero-order valence-electron chi connectivity index (χ0n) is 10.3. The van der Waals surface area contributed by atoms with Crippen LogP contribution in [0.2, 0.25) is 0 Å². The SMILES string of the molecule is COC(=O)C1(CCCl)C[C@]2(CN1C(=O)O)CC2(F)F. The van der Waals surface area contributed by atoms with Crippen LogP contribution < -0.4 is 0 Å². The number of amides is 1. The number of esters is 1. The Morgan fingerprint density at radius 3 is 2.37 bits per heavy atom. The molecule has 8 heteroatoms. The summed E-state index contributed by atoms with van der Waals surface area (Å²) in [5.74, 6) is -3.77. The molecule has 108 valence electrons. The van der Waals surface area contributed by atoms with Crippen molar-refractivity contribution in [2.45, 2.75) is 30.7 Å². The van der Waals surface area contributed by atoms with Gasteiger partial charge < -0.3 is 9.84 Å². The van der Waals surface area contributed by atoms with Gasteiger partial charge in [-0.15, -0.1) is 11.6 Å². The van der Waals surface area contributed by atoms with Crippen LogP contribution in [0.1, 0.15) is 19.3 Å². The molecule has 1 amide bonds. The van der Waals surface area contributed by atoms with E-state index in [0.29, 0.717) is 0 Å². The minimum absolute atomic E-state index is 0.0134. The average Bonchev–Trinajstić information content (AvgIpc) is 2.69. The van der Waals surface area contributed by atoms with E-state index in [1.54, 1.807) is 0 Å². The molecular formula is C11H14ClF2NO4. The van der Waals surface area contributed by atoms with Crippen LogP contribution in [-0.4, -0.2) is 53.1 Å². The monoisotopic (exact) mass is 297 g/mol. The Labute approximate surface area is 113 Å². The van der Waals surface area contributed by atoms with Gasteiger partial charge in [0.15, 0.2) is 0 Å². The number of nitrogens with zero attached hydrogens (tertiary/aromatic N) is 1. The first-order chi connectivity index (χ1) is 8.74. The van der Waals surface area contributed by atoms with E-state index in [1.165, 1.54) is 0 Å². The van der Waals surface area contributed by atoms with Crippen LogP contribution in [0.5, 0.6) is 0 Å². The summed E-state index contributed by atoms with van der Waals surface area (Å²) in [6.07, 6.45) is -2.08. The number of alkyl halides is 3. The predicted octanol–water partition coefficient (Wildman–Crippen LogP) is 1.94. The average molecular weight is 298 g/mol. The molecule has 1 aliphatic heterocycles. The third kappa shape index (κ3) is 1.86. The van der Waals surface area contributed by atoms with E-state index in [1.807, 2.05) is 0 Å². The highest BCUT2D eigenvalue weighted by atomic mass is 35.5. The maximum absolute atomic E-state index is 13.5. The second-order valence-electron chi connectivity index (χ2n) is 5.17. The number of likely N-dealkylation sites (tertiary alicyclic amines) is 1. The summed E-state index contributed by atoms with van der Waals surface area (Å²) >= 11 is 5.61. The lowest BCUT2D eigenvalue weighted by atomic mass is 9.87. The zero-order valence-corrected chi connectivity index (χ0v) is 11.0. The topological polar surface area (TPSA) is 66.8 Å². The van der Waals surface area contributed by atoms with Crippen molar-refractivity contribution in [3.05, 3.63) is 0 Å². The van der Waals surface area contributed by atoms with Crippen molar-refractivity contribution < 1.29 is 28.2 Å². The lowest BCUT2D eigenvalue weighted by molar-refractivity contribution is -0.152. The zero-order chi connectivity index (χ0) is 14.5. The molecule has 1 heterocycles. The van der Waals surface area contributed by atoms with Crippen LogP contribution in [-0.2, 0) is 9.53 Å². The second-order valence-corrected chi connectivity index (χ2v) is 5.55. The van der Waals surface area contributed by atoms with Gasteiger partial charge in [0.25, 0.3) is 5.92 Å². The molecule has 5 nitrogen and oxygen atoms in total. The van der Waals surface area contributed by atoms with Crippen LogP contribution >= 0.6 is 11.6 Å². The number of rotatable bonds is 3. The van der Waals surface area contributed by atoms with E-state index in [9.17, 15) is 23.5 Å². The van der Waals surface area contributed by atoms with Gasteiger partial charge in [0.2, 0.25) is 0 Å². The first-order valence-corrected chi connectivity index (χ1v) is 6.31. The van der Waals surface area contributed by atoms with Crippen LogP contribution in [0.3, 0.4) is 0 Å². The fourth-order valence-electron chi connectivity index (χ4n) is 3.01. The fourth-order valence-corrected chi connectivity index (χ4v) is 3.33. The summed E-state index contributed by atoms with van der Waals surface area (Å²) in [6.45, 7) is -0.360. The van der Waals surface area contributed by atoms with Gasteiger partial charge in [-0.3, -0.25) is 4.90 Å². The lowest BCUT2D eigenvalue weighted by Gasteiger charge is -2.33. The quantitative estimate of drug-likeness (QED) is 0.638. The molecule has 1 aliphatic carbocycles. The molecule has 2 rings (SSSR count). The lowest BCUT2D eigenvalue weighted by Crippen LogP contribution is -2.53. The molecule has 1 saturated carbocycles. The summed E-state index contributed by atoms with van der Waals surface area (Å²) in [7, 11) is 1.11. The van der Waals surface area contributed by atoms with Crippen molar-refractivity contribution in [1.82, 2.24) is 4.90 Å². The van der Waals surface area contributed by atoms with Crippen LogP contribution in [0.15, 0.2) is 0 Å². The Hall–Kier alpha value is -1.11. The van der Waals surface area contributed by atoms with E-state index in [-0.39, 0.29) is 25.3 Å². The number of halogens is 3. The minimum Gasteiger partial charge on any atom is -0.467 e. The summed E-state index contributed by atoms with van der Waals surface area (Å²) in [4.78, 5) is 24.0. The summed E-state index contributed by atoms with van der Waals surface area (Å²) in [6, 6.07) is 0. The predicted molar refractivity (Wildman–Crippen MR) is 61.4 cm³/mol. The normalized spacial score (nSPS) is 35.5. The van der Waals surface area contributed by atoms with E-state index in [0.717, 1.165) is 12.0 Å². The Balaban J connectivity index is 2.39. The van der Waals surface area contributed by atoms with Gasteiger partial charge in [0.05, 0.1) is 12.5 Å². The van der Waals surface area contributed by atoms with Gasteiger partial charge in [-0.2, -0.15) is 0 Å². The van der Waals surface area contributed by atoms with Gasteiger partial charge in [-0.1, -0.05) is 0 Å². The Morgan fingerprint density at radius 2 is 2.00 bits per heavy atom. The second kappa shape index (κ2) is 4.19. The molecule has 2 fully saturated rings. The van der Waals surface area contributed by atoms with Gasteiger partial charge in [-0.05, 0) is 12.8 Å². The Morgan fingerprint density at radius 1 is 1.42 bits per heavy atom. The third-order valence-corrected chi connectivity index (χ3v) is 4.31. The van der Waals surface area contributed by atoms with Gasteiger partial charge in [0, 0.05) is 18.8 Å². The smallest absolute Gasteiger partial charge is 0.408 e. The van der Waals surface area contributed by atoms with Gasteiger partial charge >= 0.3 is 12.1 Å². The molecule has 1 N–H and O–H groups in total. The van der Waals surface area contributed by atoms with Crippen molar-refractivity contribution in [2.24, 2.45) is 5.41 Å². The Kier molecular flexibility index (Phi) is 3.16. The summed E-state index contributed by atoms with van der Waals surface area (Å²) < 4.78 is 31.6. The van der Waals surface area contributed by atoms with Crippen molar-refractivity contribution in [2.75, 3.05) is 19.5 Å². The van der Waals surface area contributed by atoms with Crippen LogP contribution in [0.25, 0.3) is 0 Å². The number of carboxylic acid groups (broad SMARTS) is 1. The van der Waals surface area contributed by atoms with E-state index < -0.39 is 35.4 Å². The standard InChI is InChI=1S/C11H14ClF2NO4/c1-19-7(16)10(2-3-12)4-9(5-11(9,13)14)6-15(10)8(17)18/h2-6H2,1H3,(H,17,18)/t9-,10?/m1/s1. The van der Waals surface area contributed by atoms with Crippen molar-refractivity contribution >= 4 is 23.7 Å². The largest absolute Gasteiger partial charge is 0.467 e. The maximum Gasteiger partial charge on any atom is 0.408 e. The van der Waals surface area contributed by atoms with Crippen molar-refractivity contribution in [1.29, 1.82) is 0 Å². The van der Waals surface area contributed by atoms with E-state index >= 15 is 0 Å². The van der Waals surface area contributed by atoms with Crippen molar-refractivity contribution in [3.63, 3.8) is 0 Å². The summed E-state index contributed by atoms with van der Waals surface area (Å²) in [5, 5.41) is 9.18. The molecule has 0 aromatic rings. The molecule has 0 radical (unpaired) electrons. The molecule has 19 heavy (non-hydrogen) atoms. The highest BCUT2D eigenvalue weighted by Crippen LogP contribution is 2.68. The van der Waals surface area contributed by atoms with E-state index in [4.69, 9.17) is 11.6 Å². The van der Waals surface area contributed by atoms with Crippen LogP contribution in [0.4, 0.5) is 13.6 Å². The fraction of sp³-hybridized carbons (Fsp3) is 0.818. The molecule has 1 spiro atoms. The number of carbonyl (C=O) groups excluding carboxylic acids is 1. The molecule has 1 unspecified atom stereocenters. The Bertz CT molecular complexity index is 433. The van der Waals surface area contributed by atoms with Gasteiger partial charge in [0.1, 0.15) is 5.54 Å². The molecule has 0 aromatic heterocycles. The molecular weight excluding hydrogens is 284 g/mol. The number of methoxy groups -OCH3 is 1. The first kappa shape index (κ1) is 14.3. The number of hydrogen-bond donors (Lipinski definition) is 1. The molecule has 0 aromatic carbocycles.